The minimum Gasteiger partial charge on any atom is -0.507 e. The Labute approximate surface area is 160 Å². The Hall–Kier alpha value is -3.67. The number of phenolic OH excluding ortho intramolecular Hbond substituents is 2. The number of aromatic hydroxyl groups is 2. The number of benzene rings is 3. The quantitative estimate of drug-likeness (QED) is 0.531. The third-order valence-corrected chi connectivity index (χ3v) is 4.86. The molecule has 0 atom stereocenters. The monoisotopic (exact) mass is 377 g/mol. The molecule has 6 nitrogen and oxygen atoms in total. The molecule has 0 spiro atoms. The van der Waals surface area contributed by atoms with E-state index in [4.69, 9.17) is 9.47 Å². The van der Waals surface area contributed by atoms with Crippen LogP contribution < -0.4 is 14.9 Å². The third kappa shape index (κ3) is 2.70. The van der Waals surface area contributed by atoms with E-state index >= 15 is 0 Å². The number of methoxy groups -OCH3 is 2. The molecule has 0 saturated carbocycles. The second kappa shape index (κ2) is 6.81. The second-order valence-electron chi connectivity index (χ2n) is 6.45. The normalized spacial score (nSPS) is 11.1. The van der Waals surface area contributed by atoms with Crippen molar-refractivity contribution in [1.29, 1.82) is 0 Å². The van der Waals surface area contributed by atoms with E-state index in [0.29, 0.717) is 28.9 Å². The average Bonchev–Trinajstić information content (AvgIpc) is 2.71. The number of hydrogen-bond donors (Lipinski definition) is 2. The third-order valence-electron chi connectivity index (χ3n) is 4.86. The van der Waals surface area contributed by atoms with Gasteiger partial charge in [-0.1, -0.05) is 18.2 Å². The predicted molar refractivity (Wildman–Crippen MR) is 108 cm³/mol. The van der Waals surface area contributed by atoms with Gasteiger partial charge in [0.15, 0.2) is 11.5 Å². The van der Waals surface area contributed by atoms with E-state index in [0.717, 1.165) is 11.1 Å². The zero-order valence-corrected chi connectivity index (χ0v) is 15.5. The fraction of sp³-hybridized carbons (Fsp3) is 0.136. The van der Waals surface area contributed by atoms with Crippen molar-refractivity contribution in [2.24, 2.45) is 0 Å². The van der Waals surface area contributed by atoms with Gasteiger partial charge in [0, 0.05) is 11.9 Å². The van der Waals surface area contributed by atoms with Crippen LogP contribution in [-0.2, 0) is 6.54 Å². The molecule has 0 unspecified atom stereocenters. The van der Waals surface area contributed by atoms with Gasteiger partial charge in [-0.2, -0.15) is 0 Å². The van der Waals surface area contributed by atoms with Crippen LogP contribution in [0.2, 0.25) is 0 Å². The van der Waals surface area contributed by atoms with E-state index in [-0.39, 0.29) is 22.3 Å². The van der Waals surface area contributed by atoms with E-state index in [1.807, 2.05) is 16.7 Å². The number of para-hydroxylation sites is 1. The molecule has 3 aromatic carbocycles. The van der Waals surface area contributed by atoms with Crippen LogP contribution in [0.3, 0.4) is 0 Å². The number of pyridine rings is 1. The van der Waals surface area contributed by atoms with Crippen LogP contribution in [-0.4, -0.2) is 29.0 Å². The number of aromatic nitrogens is 1. The number of fused-ring (bicyclic) bond motifs is 2. The van der Waals surface area contributed by atoms with Crippen molar-refractivity contribution >= 4 is 21.8 Å². The molecule has 0 saturated heterocycles. The molecule has 2 N–H and O–H groups in total. The molecule has 0 aliphatic carbocycles. The highest BCUT2D eigenvalue weighted by molar-refractivity contribution is 5.96. The number of ether oxygens (including phenoxy) is 2. The summed E-state index contributed by atoms with van der Waals surface area (Å²) in [7, 11) is 2.95. The Morgan fingerprint density at radius 2 is 1.54 bits per heavy atom. The van der Waals surface area contributed by atoms with Crippen LogP contribution in [0.5, 0.6) is 23.0 Å². The zero-order chi connectivity index (χ0) is 19.8. The molecule has 0 radical (unpaired) electrons. The summed E-state index contributed by atoms with van der Waals surface area (Å²) in [6.45, 7) is 0.383. The molecule has 28 heavy (non-hydrogen) atoms. The Bertz CT molecular complexity index is 1230. The molecule has 142 valence electrons. The largest absolute Gasteiger partial charge is 0.507 e. The smallest absolute Gasteiger partial charge is 0.200 e. The maximum Gasteiger partial charge on any atom is 0.200 e. The van der Waals surface area contributed by atoms with Gasteiger partial charge in [-0.15, -0.1) is 0 Å². The fourth-order valence-electron chi connectivity index (χ4n) is 3.54. The average molecular weight is 377 g/mol. The minimum atomic E-state index is -0.208. The van der Waals surface area contributed by atoms with Crippen LogP contribution in [0.15, 0.2) is 59.4 Å². The summed E-state index contributed by atoms with van der Waals surface area (Å²) < 4.78 is 12.5. The second-order valence-corrected chi connectivity index (χ2v) is 6.45. The molecule has 0 amide bonds. The summed E-state index contributed by atoms with van der Waals surface area (Å²) in [4.78, 5) is 12.9. The predicted octanol–water partition coefficient (Wildman–Crippen LogP) is 3.63. The summed E-state index contributed by atoms with van der Waals surface area (Å²) in [5.41, 5.74) is 1.97. The maximum absolute atomic E-state index is 12.9. The van der Waals surface area contributed by atoms with Crippen molar-refractivity contribution < 1.29 is 19.7 Å². The van der Waals surface area contributed by atoms with E-state index in [1.165, 1.54) is 20.3 Å². The van der Waals surface area contributed by atoms with Crippen molar-refractivity contribution in [3.8, 4) is 23.0 Å². The van der Waals surface area contributed by atoms with Gasteiger partial charge in [-0.05, 0) is 42.0 Å². The highest BCUT2D eigenvalue weighted by atomic mass is 16.5. The van der Waals surface area contributed by atoms with Gasteiger partial charge in [-0.25, -0.2) is 0 Å². The van der Waals surface area contributed by atoms with E-state index in [9.17, 15) is 15.0 Å². The first-order valence-corrected chi connectivity index (χ1v) is 8.72. The maximum atomic E-state index is 12.9. The molecule has 1 heterocycles. The van der Waals surface area contributed by atoms with E-state index in [1.54, 1.807) is 36.4 Å². The van der Waals surface area contributed by atoms with Gasteiger partial charge >= 0.3 is 0 Å². The van der Waals surface area contributed by atoms with Crippen LogP contribution >= 0.6 is 0 Å². The SMILES string of the molecule is COc1cc(Cn2c3ccccc3c(=O)c3c(O)cccc32)cc(OC)c1O. The zero-order valence-electron chi connectivity index (χ0n) is 15.5. The van der Waals surface area contributed by atoms with Gasteiger partial charge in [0.05, 0.1) is 30.6 Å². The van der Waals surface area contributed by atoms with Gasteiger partial charge in [-0.3, -0.25) is 4.79 Å². The van der Waals surface area contributed by atoms with Crippen LogP contribution in [0.4, 0.5) is 0 Å². The van der Waals surface area contributed by atoms with Crippen molar-refractivity contribution in [3.05, 3.63) is 70.4 Å². The molecular weight excluding hydrogens is 358 g/mol. The van der Waals surface area contributed by atoms with E-state index < -0.39 is 0 Å². The Kier molecular flexibility index (Phi) is 4.31. The highest BCUT2D eigenvalue weighted by Crippen LogP contribution is 2.37. The lowest BCUT2D eigenvalue weighted by Crippen LogP contribution is -2.12. The Morgan fingerprint density at radius 3 is 2.21 bits per heavy atom. The molecule has 0 aliphatic rings. The molecular formula is C22H19NO5. The minimum absolute atomic E-state index is 0.0529. The summed E-state index contributed by atoms with van der Waals surface area (Å²) in [5, 5.41) is 21.3. The Morgan fingerprint density at radius 1 is 0.893 bits per heavy atom. The van der Waals surface area contributed by atoms with Crippen molar-refractivity contribution in [2.45, 2.75) is 6.54 Å². The van der Waals surface area contributed by atoms with Gasteiger partial charge < -0.3 is 24.3 Å². The number of rotatable bonds is 4. The van der Waals surface area contributed by atoms with Crippen molar-refractivity contribution in [2.75, 3.05) is 14.2 Å². The summed E-state index contributed by atoms with van der Waals surface area (Å²) in [5.74, 6) is 0.475. The molecule has 0 bridgehead atoms. The van der Waals surface area contributed by atoms with Crippen LogP contribution in [0, 0.1) is 0 Å². The van der Waals surface area contributed by atoms with Crippen LogP contribution in [0.1, 0.15) is 5.56 Å². The van der Waals surface area contributed by atoms with Gasteiger partial charge in [0.25, 0.3) is 0 Å². The molecule has 6 heteroatoms. The first-order chi connectivity index (χ1) is 13.5. The number of hydrogen-bond acceptors (Lipinski definition) is 5. The van der Waals surface area contributed by atoms with E-state index in [2.05, 4.69) is 0 Å². The Balaban J connectivity index is 2.03. The summed E-state index contributed by atoms with van der Waals surface area (Å²) in [6.07, 6.45) is 0. The lowest BCUT2D eigenvalue weighted by atomic mass is 10.1. The summed E-state index contributed by atoms with van der Waals surface area (Å²) in [6, 6.07) is 15.7. The number of phenols is 2. The van der Waals surface area contributed by atoms with Crippen molar-refractivity contribution in [3.63, 3.8) is 0 Å². The van der Waals surface area contributed by atoms with Crippen molar-refractivity contribution in [1.82, 2.24) is 4.57 Å². The standard InChI is InChI=1S/C22H19NO5/c1-27-18-10-13(11-19(28-2)22(18)26)12-23-15-7-4-3-6-14(15)21(25)20-16(23)8-5-9-17(20)24/h3-11,24,26H,12H2,1-2H3. The lowest BCUT2D eigenvalue weighted by Gasteiger charge is -2.17. The molecule has 4 rings (SSSR count). The molecule has 1 aromatic heterocycles. The molecule has 0 aliphatic heterocycles. The highest BCUT2D eigenvalue weighted by Gasteiger charge is 2.16. The summed E-state index contributed by atoms with van der Waals surface area (Å²) >= 11 is 0. The van der Waals surface area contributed by atoms with Crippen LogP contribution in [0.25, 0.3) is 21.8 Å². The molecule has 0 fully saturated rings. The molecule has 4 aromatic rings. The first kappa shape index (κ1) is 17.7. The first-order valence-electron chi connectivity index (χ1n) is 8.72. The van der Waals surface area contributed by atoms with Gasteiger partial charge in [0.1, 0.15) is 5.75 Å². The lowest BCUT2D eigenvalue weighted by molar-refractivity contribution is 0.339. The fourth-order valence-corrected chi connectivity index (χ4v) is 3.54. The van der Waals surface area contributed by atoms with Gasteiger partial charge in [0.2, 0.25) is 11.2 Å². The number of nitrogens with zero attached hydrogens (tertiary/aromatic N) is 1. The topological polar surface area (TPSA) is 80.9 Å².